The van der Waals surface area contributed by atoms with Crippen LogP contribution in [-0.4, -0.2) is 19.2 Å². The van der Waals surface area contributed by atoms with Crippen LogP contribution in [-0.2, 0) is 16.6 Å². The molecular weight excluding hydrogens is 302 g/mol. The zero-order valence-corrected chi connectivity index (χ0v) is 14.0. The zero-order chi connectivity index (χ0) is 16.7. The second kappa shape index (κ2) is 5.48. The summed E-state index contributed by atoms with van der Waals surface area (Å²) in [4.78, 5) is 16.8. The number of carbonyl (C=O) groups excluding carboxylic acids is 1. The minimum atomic E-state index is -4.00. The number of nitrogens with zero attached hydrogens (tertiary/aromatic N) is 1. The molecule has 6 nitrogen and oxygen atoms in total. The fraction of sp³-hybridized carbons (Fsp3) is 0.467. The van der Waals surface area contributed by atoms with Gasteiger partial charge in [-0.1, -0.05) is 27.7 Å². The van der Waals surface area contributed by atoms with E-state index in [1.165, 1.54) is 0 Å². The Morgan fingerprint density at radius 1 is 1.41 bits per heavy atom. The van der Waals surface area contributed by atoms with Crippen molar-refractivity contribution in [2.75, 3.05) is 0 Å². The van der Waals surface area contributed by atoms with Crippen LogP contribution in [0.2, 0.25) is 0 Å². The molecule has 1 aliphatic rings. The Morgan fingerprint density at radius 3 is 2.59 bits per heavy atom. The molecule has 0 amide bonds. The van der Waals surface area contributed by atoms with Crippen LogP contribution >= 0.6 is 0 Å². The average Bonchev–Trinajstić information content (AvgIpc) is 2.44. The van der Waals surface area contributed by atoms with Crippen LogP contribution in [0.1, 0.15) is 49.3 Å². The van der Waals surface area contributed by atoms with E-state index in [-0.39, 0.29) is 22.4 Å². The fourth-order valence-corrected chi connectivity index (χ4v) is 2.91. The van der Waals surface area contributed by atoms with Crippen LogP contribution in [0, 0.1) is 11.3 Å². The number of nitrogens with two attached hydrogens (primary N) is 1. The highest BCUT2D eigenvalue weighted by molar-refractivity contribution is 7.89. The van der Waals surface area contributed by atoms with Crippen LogP contribution in [0.5, 0.6) is 0 Å². The summed E-state index contributed by atoms with van der Waals surface area (Å²) in [5.74, 6) is -0.102. The molecule has 0 fully saturated rings. The molecule has 3 N–H and O–H groups in total. The van der Waals surface area contributed by atoms with Crippen molar-refractivity contribution in [3.8, 4) is 0 Å². The van der Waals surface area contributed by atoms with Crippen molar-refractivity contribution in [3.05, 3.63) is 29.1 Å². The number of ketones is 1. The summed E-state index contributed by atoms with van der Waals surface area (Å²) in [6, 6.07) is 1.63. The summed E-state index contributed by atoms with van der Waals surface area (Å²) < 4.78 is 23.6. The maximum atomic E-state index is 12.7. The molecule has 22 heavy (non-hydrogen) atoms. The predicted molar refractivity (Wildman–Crippen MR) is 84.4 cm³/mol. The van der Waals surface area contributed by atoms with Crippen LogP contribution < -0.4 is 10.5 Å². The van der Waals surface area contributed by atoms with E-state index in [0.717, 1.165) is 0 Å². The van der Waals surface area contributed by atoms with E-state index in [9.17, 15) is 13.2 Å². The lowest BCUT2D eigenvalue weighted by Crippen LogP contribution is -2.32. The van der Waals surface area contributed by atoms with Gasteiger partial charge in [0.25, 0.3) is 10.0 Å². The first kappa shape index (κ1) is 16.6. The Bertz CT molecular complexity index is 750. The monoisotopic (exact) mass is 323 g/mol. The van der Waals surface area contributed by atoms with E-state index in [4.69, 9.17) is 5.14 Å². The van der Waals surface area contributed by atoms with Crippen LogP contribution in [0.4, 0.5) is 0 Å². The van der Waals surface area contributed by atoms with Crippen LogP contribution in [0.3, 0.4) is 0 Å². The van der Waals surface area contributed by atoms with Crippen molar-refractivity contribution < 1.29 is 13.2 Å². The number of fused-ring (bicyclic) bond motifs is 1. The molecule has 1 aliphatic heterocycles. The van der Waals surface area contributed by atoms with Gasteiger partial charge in [-0.2, -0.15) is 0 Å². The van der Waals surface area contributed by atoms with E-state index in [1.54, 1.807) is 18.3 Å². The number of hydrogen-bond donors (Lipinski definition) is 2. The van der Waals surface area contributed by atoms with Gasteiger partial charge >= 0.3 is 0 Å². The lowest BCUT2D eigenvalue weighted by molar-refractivity contribution is 0.0765. The molecule has 1 aromatic rings. The maximum absolute atomic E-state index is 12.7. The summed E-state index contributed by atoms with van der Waals surface area (Å²) in [5.41, 5.74) is 0.630. The van der Waals surface area contributed by atoms with Crippen molar-refractivity contribution >= 4 is 21.9 Å². The summed E-state index contributed by atoms with van der Waals surface area (Å²) in [6.45, 7) is 7.86. The lowest BCUT2D eigenvalue weighted by Gasteiger charge is -2.27. The predicted octanol–water partition coefficient (Wildman–Crippen LogP) is 1.67. The zero-order valence-electron chi connectivity index (χ0n) is 13.2. The Labute approximate surface area is 130 Å². The molecule has 0 aromatic carbocycles. The maximum Gasteiger partial charge on any atom is 0.255 e. The van der Waals surface area contributed by atoms with E-state index in [1.807, 2.05) is 27.7 Å². The van der Waals surface area contributed by atoms with E-state index < -0.39 is 15.4 Å². The SMILES string of the molecule is CC(C)C(C)(C)C(=O)c1cc2c(c(S(N)(=O)=O)n1)CNC=C2. The van der Waals surface area contributed by atoms with Crippen LogP contribution in [0.25, 0.3) is 6.08 Å². The molecule has 1 aromatic heterocycles. The summed E-state index contributed by atoms with van der Waals surface area (Å²) >= 11 is 0. The quantitative estimate of drug-likeness (QED) is 0.821. The lowest BCUT2D eigenvalue weighted by atomic mass is 9.76. The molecule has 7 heteroatoms. The second-order valence-corrected chi connectivity index (χ2v) is 7.82. The van der Waals surface area contributed by atoms with Crippen molar-refractivity contribution in [2.24, 2.45) is 16.5 Å². The molecule has 0 radical (unpaired) electrons. The number of aromatic nitrogens is 1. The molecule has 2 rings (SSSR count). The van der Waals surface area contributed by atoms with Crippen molar-refractivity contribution in [3.63, 3.8) is 0 Å². The minimum absolute atomic E-state index is 0.0907. The van der Waals surface area contributed by atoms with Gasteiger partial charge in [0.05, 0.1) is 0 Å². The number of sulfonamides is 1. The summed E-state index contributed by atoms with van der Waals surface area (Å²) in [6.07, 6.45) is 3.42. The highest BCUT2D eigenvalue weighted by Gasteiger charge is 2.34. The largest absolute Gasteiger partial charge is 0.387 e. The molecule has 0 saturated heterocycles. The third-order valence-corrected chi connectivity index (χ3v) is 5.19. The summed E-state index contributed by atoms with van der Waals surface area (Å²) in [5, 5.41) is 7.96. The van der Waals surface area contributed by atoms with Gasteiger partial charge in [-0.05, 0) is 29.8 Å². The average molecular weight is 323 g/mol. The van der Waals surface area contributed by atoms with Gasteiger partial charge in [0.2, 0.25) is 0 Å². The first-order valence-electron chi connectivity index (χ1n) is 7.06. The number of rotatable bonds is 4. The standard InChI is InChI=1S/C15H21N3O3S/c1-9(2)15(3,4)13(19)12-7-10-5-6-17-8-11(10)14(18-12)22(16,20)21/h5-7,9,17H,8H2,1-4H3,(H2,16,20,21). The Hall–Kier alpha value is -1.73. The van der Waals surface area contributed by atoms with Crippen LogP contribution in [0.15, 0.2) is 17.3 Å². The van der Waals surface area contributed by atoms with Gasteiger partial charge in [-0.15, -0.1) is 0 Å². The molecule has 0 spiro atoms. The number of carbonyl (C=O) groups is 1. The number of hydrogen-bond acceptors (Lipinski definition) is 5. The summed E-state index contributed by atoms with van der Waals surface area (Å²) in [7, 11) is -4.00. The highest BCUT2D eigenvalue weighted by Crippen LogP contribution is 2.32. The number of pyridine rings is 1. The van der Waals surface area contributed by atoms with Crippen molar-refractivity contribution in [2.45, 2.75) is 39.3 Å². The Morgan fingerprint density at radius 2 is 2.05 bits per heavy atom. The normalized spacial score (nSPS) is 14.6. The molecule has 0 bridgehead atoms. The molecule has 0 unspecified atom stereocenters. The minimum Gasteiger partial charge on any atom is -0.387 e. The third-order valence-electron chi connectivity index (χ3n) is 4.31. The Balaban J connectivity index is 2.66. The third kappa shape index (κ3) is 2.91. The van der Waals surface area contributed by atoms with Gasteiger partial charge in [0.15, 0.2) is 10.8 Å². The van der Waals surface area contributed by atoms with E-state index in [0.29, 0.717) is 17.7 Å². The topological polar surface area (TPSA) is 102 Å². The van der Waals surface area contributed by atoms with Gasteiger partial charge in [-0.3, -0.25) is 4.79 Å². The van der Waals surface area contributed by atoms with Crippen molar-refractivity contribution in [1.29, 1.82) is 0 Å². The molecule has 120 valence electrons. The number of Topliss-reactive ketones (excluding diaryl/α,β-unsaturated/α-hetero) is 1. The van der Waals surface area contributed by atoms with E-state index >= 15 is 0 Å². The highest BCUT2D eigenvalue weighted by atomic mass is 32.2. The Kier molecular flexibility index (Phi) is 4.14. The first-order valence-corrected chi connectivity index (χ1v) is 8.61. The molecule has 0 saturated carbocycles. The van der Waals surface area contributed by atoms with Gasteiger partial charge in [-0.25, -0.2) is 18.5 Å². The molecule has 2 heterocycles. The van der Waals surface area contributed by atoms with E-state index in [2.05, 4.69) is 10.3 Å². The van der Waals surface area contributed by atoms with Gasteiger partial charge < -0.3 is 5.32 Å². The van der Waals surface area contributed by atoms with Crippen molar-refractivity contribution in [1.82, 2.24) is 10.3 Å². The molecule has 0 atom stereocenters. The smallest absolute Gasteiger partial charge is 0.255 e. The second-order valence-electron chi connectivity index (χ2n) is 6.35. The first-order chi connectivity index (χ1) is 10.0. The number of primary sulfonamides is 1. The molecular formula is C15H21N3O3S. The van der Waals surface area contributed by atoms with Gasteiger partial charge in [0.1, 0.15) is 5.69 Å². The van der Waals surface area contributed by atoms with Gasteiger partial charge in [0, 0.05) is 17.5 Å². The fourth-order valence-electron chi connectivity index (χ4n) is 2.15. The molecule has 0 aliphatic carbocycles. The number of nitrogens with one attached hydrogen (secondary N) is 1.